The van der Waals surface area contributed by atoms with E-state index < -0.39 is 23.7 Å². The van der Waals surface area contributed by atoms with Crippen LogP contribution < -0.4 is 5.32 Å². The number of amides is 1. The summed E-state index contributed by atoms with van der Waals surface area (Å²) in [6.45, 7) is 5.36. The molecular formula is C15H20INO4. The van der Waals surface area contributed by atoms with Crippen molar-refractivity contribution in [3.8, 4) is 0 Å². The third-order valence-electron chi connectivity index (χ3n) is 2.54. The summed E-state index contributed by atoms with van der Waals surface area (Å²) >= 11 is 2.18. The number of benzene rings is 1. The van der Waals surface area contributed by atoms with Crippen molar-refractivity contribution in [3.63, 3.8) is 0 Å². The lowest BCUT2D eigenvalue weighted by Gasteiger charge is -2.23. The van der Waals surface area contributed by atoms with Gasteiger partial charge >= 0.3 is 12.1 Å². The van der Waals surface area contributed by atoms with Crippen molar-refractivity contribution >= 4 is 34.7 Å². The standard InChI is InChI=1S/C15H20INO4/c1-15(2,3)21-14(19)17-12(9-13(18)20-4)10-6-5-7-11(16)8-10/h5-8,12H,9H2,1-4H3,(H,17,19)/t12-/m0/s1. The smallest absolute Gasteiger partial charge is 0.408 e. The average Bonchev–Trinajstić information content (AvgIpc) is 2.35. The van der Waals surface area contributed by atoms with Gasteiger partial charge in [-0.25, -0.2) is 4.79 Å². The maximum atomic E-state index is 11.9. The van der Waals surface area contributed by atoms with Crippen LogP contribution in [0.5, 0.6) is 0 Å². The fraction of sp³-hybridized carbons (Fsp3) is 0.467. The number of halogens is 1. The molecule has 1 aromatic rings. The molecule has 1 atom stereocenters. The predicted molar refractivity (Wildman–Crippen MR) is 87.9 cm³/mol. The van der Waals surface area contributed by atoms with Gasteiger partial charge in [-0.3, -0.25) is 4.79 Å². The highest BCUT2D eigenvalue weighted by atomic mass is 127. The molecule has 0 heterocycles. The molecule has 0 unspecified atom stereocenters. The lowest BCUT2D eigenvalue weighted by molar-refractivity contribution is -0.141. The summed E-state index contributed by atoms with van der Waals surface area (Å²) in [5.41, 5.74) is 0.239. The number of alkyl carbamates (subject to hydrolysis) is 1. The van der Waals surface area contributed by atoms with Crippen molar-refractivity contribution in [1.82, 2.24) is 5.32 Å². The first-order chi connectivity index (χ1) is 9.71. The highest BCUT2D eigenvalue weighted by Crippen LogP contribution is 2.20. The van der Waals surface area contributed by atoms with Crippen LogP contribution in [0.15, 0.2) is 24.3 Å². The fourth-order valence-corrected chi connectivity index (χ4v) is 2.24. The average molecular weight is 405 g/mol. The molecule has 0 aliphatic rings. The van der Waals surface area contributed by atoms with Crippen LogP contribution in [0.3, 0.4) is 0 Å². The molecule has 0 saturated carbocycles. The summed E-state index contributed by atoms with van der Waals surface area (Å²) in [5.74, 6) is -0.394. The third kappa shape index (κ3) is 6.79. The van der Waals surface area contributed by atoms with Crippen LogP contribution in [0, 0.1) is 3.57 Å². The van der Waals surface area contributed by atoms with Gasteiger partial charge in [-0.2, -0.15) is 0 Å². The van der Waals surface area contributed by atoms with Crippen LogP contribution in [0.25, 0.3) is 0 Å². The van der Waals surface area contributed by atoms with Crippen molar-refractivity contribution < 1.29 is 19.1 Å². The SMILES string of the molecule is COC(=O)C[C@H](NC(=O)OC(C)(C)C)c1cccc(I)c1. The number of carbonyl (C=O) groups is 2. The Morgan fingerprint density at radius 1 is 1.33 bits per heavy atom. The van der Waals surface area contributed by atoms with Crippen LogP contribution >= 0.6 is 22.6 Å². The summed E-state index contributed by atoms with van der Waals surface area (Å²) in [7, 11) is 1.32. The van der Waals surface area contributed by atoms with Gasteiger partial charge in [0.15, 0.2) is 0 Å². The van der Waals surface area contributed by atoms with Gasteiger partial charge in [0, 0.05) is 3.57 Å². The molecule has 5 nitrogen and oxygen atoms in total. The molecule has 1 rings (SSSR count). The zero-order valence-electron chi connectivity index (χ0n) is 12.6. The van der Waals surface area contributed by atoms with E-state index in [0.29, 0.717) is 0 Å². The molecule has 0 aliphatic heterocycles. The zero-order chi connectivity index (χ0) is 16.0. The fourth-order valence-electron chi connectivity index (χ4n) is 1.68. The number of rotatable bonds is 4. The number of hydrogen-bond donors (Lipinski definition) is 1. The lowest BCUT2D eigenvalue weighted by atomic mass is 10.0. The maximum absolute atomic E-state index is 11.9. The van der Waals surface area contributed by atoms with Crippen molar-refractivity contribution in [2.75, 3.05) is 7.11 Å². The lowest BCUT2D eigenvalue weighted by Crippen LogP contribution is -2.36. The minimum absolute atomic E-state index is 0.0514. The van der Waals surface area contributed by atoms with Crippen molar-refractivity contribution in [2.24, 2.45) is 0 Å². The highest BCUT2D eigenvalue weighted by Gasteiger charge is 2.23. The van der Waals surface area contributed by atoms with Crippen LogP contribution in [-0.4, -0.2) is 24.8 Å². The molecule has 1 aromatic carbocycles. The van der Waals surface area contributed by atoms with Crippen LogP contribution in [0.4, 0.5) is 4.79 Å². The Labute approximate surface area is 138 Å². The van der Waals surface area contributed by atoms with Gasteiger partial charge in [0.2, 0.25) is 0 Å². The Kier molecular flexibility index (Phi) is 6.44. The summed E-state index contributed by atoms with van der Waals surface area (Å²) in [5, 5.41) is 2.72. The molecule has 0 bridgehead atoms. The zero-order valence-corrected chi connectivity index (χ0v) is 14.8. The minimum atomic E-state index is -0.592. The molecule has 1 amide bonds. The Morgan fingerprint density at radius 2 is 2.00 bits per heavy atom. The molecule has 0 spiro atoms. The Balaban J connectivity index is 2.87. The number of carbonyl (C=O) groups excluding carboxylic acids is 2. The van der Waals surface area contributed by atoms with E-state index in [0.717, 1.165) is 9.13 Å². The topological polar surface area (TPSA) is 64.6 Å². The highest BCUT2D eigenvalue weighted by molar-refractivity contribution is 14.1. The van der Waals surface area contributed by atoms with E-state index in [1.807, 2.05) is 24.3 Å². The predicted octanol–water partition coefficient (Wildman–Crippen LogP) is 3.42. The normalized spacial score (nSPS) is 12.4. The van der Waals surface area contributed by atoms with Gasteiger partial charge in [0.1, 0.15) is 5.60 Å². The van der Waals surface area contributed by atoms with E-state index in [1.165, 1.54) is 7.11 Å². The summed E-state index contributed by atoms with van der Waals surface area (Å²) in [6.07, 6.45) is -0.509. The van der Waals surface area contributed by atoms with Gasteiger partial charge < -0.3 is 14.8 Å². The third-order valence-corrected chi connectivity index (χ3v) is 3.21. The number of nitrogens with one attached hydrogen (secondary N) is 1. The van der Waals surface area contributed by atoms with Gasteiger partial charge in [0.05, 0.1) is 19.6 Å². The first kappa shape index (κ1) is 17.7. The first-order valence-electron chi connectivity index (χ1n) is 6.53. The van der Waals surface area contributed by atoms with Crippen LogP contribution in [0.1, 0.15) is 38.8 Å². The second-order valence-corrected chi connectivity index (χ2v) is 6.78. The molecule has 116 valence electrons. The van der Waals surface area contributed by atoms with Gasteiger partial charge in [-0.1, -0.05) is 12.1 Å². The van der Waals surface area contributed by atoms with Crippen LogP contribution in [0.2, 0.25) is 0 Å². The number of ether oxygens (including phenoxy) is 2. The van der Waals surface area contributed by atoms with Crippen LogP contribution in [-0.2, 0) is 14.3 Å². The Morgan fingerprint density at radius 3 is 2.52 bits per heavy atom. The molecule has 0 saturated heterocycles. The van der Waals surface area contributed by atoms with Gasteiger partial charge in [0.25, 0.3) is 0 Å². The van der Waals surface area contributed by atoms with E-state index >= 15 is 0 Å². The van der Waals surface area contributed by atoms with Gasteiger partial charge in [-0.15, -0.1) is 0 Å². The monoisotopic (exact) mass is 405 g/mol. The molecule has 1 N–H and O–H groups in total. The second kappa shape index (κ2) is 7.63. The molecule has 0 radical (unpaired) electrons. The number of esters is 1. The van der Waals surface area contributed by atoms with E-state index in [2.05, 4.69) is 32.6 Å². The van der Waals surface area contributed by atoms with E-state index in [-0.39, 0.29) is 6.42 Å². The number of hydrogen-bond acceptors (Lipinski definition) is 4. The largest absolute Gasteiger partial charge is 0.469 e. The van der Waals surface area contributed by atoms with E-state index in [4.69, 9.17) is 4.74 Å². The molecule has 0 aromatic heterocycles. The quantitative estimate of drug-likeness (QED) is 0.616. The van der Waals surface area contributed by atoms with E-state index in [1.54, 1.807) is 20.8 Å². The number of methoxy groups -OCH3 is 1. The molecular weight excluding hydrogens is 385 g/mol. The maximum Gasteiger partial charge on any atom is 0.408 e. The van der Waals surface area contributed by atoms with Crippen molar-refractivity contribution in [1.29, 1.82) is 0 Å². The molecule has 0 aliphatic carbocycles. The molecule has 6 heteroatoms. The Bertz CT molecular complexity index is 511. The summed E-state index contributed by atoms with van der Waals surface area (Å²) in [4.78, 5) is 23.4. The second-order valence-electron chi connectivity index (χ2n) is 5.53. The van der Waals surface area contributed by atoms with E-state index in [9.17, 15) is 9.59 Å². The summed E-state index contributed by atoms with van der Waals surface area (Å²) < 4.78 is 10.9. The Hall–Kier alpha value is -1.31. The minimum Gasteiger partial charge on any atom is -0.469 e. The molecule has 21 heavy (non-hydrogen) atoms. The van der Waals surface area contributed by atoms with Crippen molar-refractivity contribution in [2.45, 2.75) is 38.8 Å². The summed E-state index contributed by atoms with van der Waals surface area (Å²) in [6, 6.07) is 7.09. The first-order valence-corrected chi connectivity index (χ1v) is 7.61. The van der Waals surface area contributed by atoms with Gasteiger partial charge in [-0.05, 0) is 61.1 Å². The molecule has 0 fully saturated rings. The van der Waals surface area contributed by atoms with Crippen molar-refractivity contribution in [3.05, 3.63) is 33.4 Å².